The van der Waals surface area contributed by atoms with Crippen LogP contribution in [-0.2, 0) is 11.2 Å². The third kappa shape index (κ3) is 3.44. The van der Waals surface area contributed by atoms with Crippen LogP contribution < -0.4 is 5.32 Å². The summed E-state index contributed by atoms with van der Waals surface area (Å²) in [5, 5.41) is 3.29. The van der Waals surface area contributed by atoms with Crippen LogP contribution in [-0.4, -0.2) is 20.8 Å². The van der Waals surface area contributed by atoms with E-state index in [9.17, 15) is 0 Å². The third-order valence-corrected chi connectivity index (χ3v) is 4.65. The molecule has 1 aromatic heterocycles. The first-order chi connectivity index (χ1) is 9.26. The maximum Gasteiger partial charge on any atom is 0.0502 e. The SMILES string of the molecule is CNC(C)c1ccc(-c2ccccc2CCOC)s1. The van der Waals surface area contributed by atoms with Crippen molar-refractivity contribution < 1.29 is 4.74 Å². The summed E-state index contributed by atoms with van der Waals surface area (Å²) in [4.78, 5) is 2.71. The highest BCUT2D eigenvalue weighted by Crippen LogP contribution is 2.33. The van der Waals surface area contributed by atoms with E-state index in [2.05, 4.69) is 48.6 Å². The minimum absolute atomic E-state index is 0.407. The van der Waals surface area contributed by atoms with Crippen LogP contribution >= 0.6 is 11.3 Å². The lowest BCUT2D eigenvalue weighted by atomic mass is 10.0. The molecule has 0 aliphatic heterocycles. The lowest BCUT2D eigenvalue weighted by Crippen LogP contribution is -2.10. The molecule has 0 aliphatic rings. The van der Waals surface area contributed by atoms with Crippen LogP contribution in [0, 0.1) is 0 Å². The minimum atomic E-state index is 0.407. The van der Waals surface area contributed by atoms with Gasteiger partial charge in [-0.15, -0.1) is 11.3 Å². The normalized spacial score (nSPS) is 12.6. The van der Waals surface area contributed by atoms with Crippen molar-refractivity contribution in [3.8, 4) is 10.4 Å². The standard InChI is InChI=1S/C16H21NOS/c1-12(17-2)15-8-9-16(19-15)14-7-5-4-6-13(14)10-11-18-3/h4-9,12,17H,10-11H2,1-3H3. The molecule has 19 heavy (non-hydrogen) atoms. The summed E-state index contributed by atoms with van der Waals surface area (Å²) in [6.45, 7) is 2.95. The van der Waals surface area contributed by atoms with Crippen molar-refractivity contribution in [1.29, 1.82) is 0 Å². The fourth-order valence-corrected chi connectivity index (χ4v) is 3.19. The Hall–Kier alpha value is -1.16. The first-order valence-electron chi connectivity index (χ1n) is 6.60. The van der Waals surface area contributed by atoms with E-state index < -0.39 is 0 Å². The molecule has 0 saturated heterocycles. The van der Waals surface area contributed by atoms with E-state index in [0.29, 0.717) is 6.04 Å². The molecule has 0 fully saturated rings. The van der Waals surface area contributed by atoms with Crippen molar-refractivity contribution in [2.45, 2.75) is 19.4 Å². The molecule has 0 radical (unpaired) electrons. The van der Waals surface area contributed by atoms with Gasteiger partial charge in [0.15, 0.2) is 0 Å². The van der Waals surface area contributed by atoms with E-state index in [1.165, 1.54) is 20.9 Å². The molecule has 1 N–H and O–H groups in total. The first kappa shape index (κ1) is 14.3. The number of hydrogen-bond donors (Lipinski definition) is 1. The number of nitrogens with one attached hydrogen (secondary N) is 1. The zero-order valence-corrected chi connectivity index (χ0v) is 12.6. The second kappa shape index (κ2) is 6.85. The molecule has 1 heterocycles. The predicted octanol–water partition coefficient (Wildman–Crippen LogP) is 3.88. The molecule has 0 spiro atoms. The van der Waals surface area contributed by atoms with Gasteiger partial charge < -0.3 is 10.1 Å². The van der Waals surface area contributed by atoms with E-state index in [4.69, 9.17) is 4.74 Å². The lowest BCUT2D eigenvalue weighted by Gasteiger charge is -2.08. The number of hydrogen-bond acceptors (Lipinski definition) is 3. The van der Waals surface area contributed by atoms with Crippen molar-refractivity contribution in [2.24, 2.45) is 0 Å². The summed E-state index contributed by atoms with van der Waals surface area (Å²) in [5.41, 5.74) is 2.69. The zero-order chi connectivity index (χ0) is 13.7. The Labute approximate surface area is 119 Å². The van der Waals surface area contributed by atoms with Gasteiger partial charge in [-0.1, -0.05) is 24.3 Å². The Balaban J connectivity index is 2.28. The molecule has 1 aromatic carbocycles. The van der Waals surface area contributed by atoms with E-state index >= 15 is 0 Å². The van der Waals surface area contributed by atoms with Crippen LogP contribution in [0.2, 0.25) is 0 Å². The Morgan fingerprint density at radius 1 is 1.21 bits per heavy atom. The highest BCUT2D eigenvalue weighted by atomic mass is 32.1. The van der Waals surface area contributed by atoms with Gasteiger partial charge in [-0.3, -0.25) is 0 Å². The zero-order valence-electron chi connectivity index (χ0n) is 11.8. The predicted molar refractivity (Wildman–Crippen MR) is 82.8 cm³/mol. The summed E-state index contributed by atoms with van der Waals surface area (Å²) in [6, 6.07) is 13.4. The topological polar surface area (TPSA) is 21.3 Å². The van der Waals surface area contributed by atoms with Gasteiger partial charge in [-0.25, -0.2) is 0 Å². The minimum Gasteiger partial charge on any atom is -0.384 e. The molecule has 2 rings (SSSR count). The van der Waals surface area contributed by atoms with Crippen LogP contribution in [0.5, 0.6) is 0 Å². The van der Waals surface area contributed by atoms with Gasteiger partial charge >= 0.3 is 0 Å². The number of benzene rings is 1. The van der Waals surface area contributed by atoms with Gasteiger partial charge in [-0.05, 0) is 43.7 Å². The average molecular weight is 275 g/mol. The highest BCUT2D eigenvalue weighted by molar-refractivity contribution is 7.15. The fourth-order valence-electron chi connectivity index (χ4n) is 2.06. The number of ether oxygens (including phenoxy) is 1. The lowest BCUT2D eigenvalue weighted by molar-refractivity contribution is 0.202. The maximum atomic E-state index is 5.19. The number of rotatable bonds is 6. The van der Waals surface area contributed by atoms with Gasteiger partial charge in [0.2, 0.25) is 0 Å². The molecule has 0 aliphatic carbocycles. The van der Waals surface area contributed by atoms with E-state index in [1.54, 1.807) is 7.11 Å². The molecular weight excluding hydrogens is 254 g/mol. The Morgan fingerprint density at radius 2 is 2.00 bits per heavy atom. The molecule has 1 unspecified atom stereocenters. The Bertz CT molecular complexity index is 521. The summed E-state index contributed by atoms with van der Waals surface area (Å²) >= 11 is 1.86. The third-order valence-electron chi connectivity index (χ3n) is 3.34. The van der Waals surface area contributed by atoms with E-state index in [1.807, 2.05) is 18.4 Å². The Morgan fingerprint density at radius 3 is 2.74 bits per heavy atom. The summed E-state index contributed by atoms with van der Waals surface area (Å²) < 4.78 is 5.19. The van der Waals surface area contributed by atoms with Crippen LogP contribution in [0.4, 0.5) is 0 Å². The van der Waals surface area contributed by atoms with Gasteiger partial charge in [0.25, 0.3) is 0 Å². The summed E-state index contributed by atoms with van der Waals surface area (Å²) in [6.07, 6.45) is 0.960. The van der Waals surface area contributed by atoms with Gasteiger partial charge in [-0.2, -0.15) is 0 Å². The van der Waals surface area contributed by atoms with Gasteiger partial charge in [0.1, 0.15) is 0 Å². The summed E-state index contributed by atoms with van der Waals surface area (Å²) in [5.74, 6) is 0. The second-order valence-electron chi connectivity index (χ2n) is 4.61. The molecule has 3 heteroatoms. The van der Waals surface area contributed by atoms with Crippen molar-refractivity contribution in [3.63, 3.8) is 0 Å². The maximum absolute atomic E-state index is 5.19. The molecule has 1 atom stereocenters. The quantitative estimate of drug-likeness (QED) is 0.863. The van der Waals surface area contributed by atoms with Crippen LogP contribution in [0.15, 0.2) is 36.4 Å². The number of methoxy groups -OCH3 is 1. The molecule has 0 bridgehead atoms. The van der Waals surface area contributed by atoms with Crippen LogP contribution in [0.25, 0.3) is 10.4 Å². The molecule has 0 amide bonds. The molecular formula is C16H21NOS. The van der Waals surface area contributed by atoms with Crippen molar-refractivity contribution >= 4 is 11.3 Å². The monoisotopic (exact) mass is 275 g/mol. The summed E-state index contributed by atoms with van der Waals surface area (Å²) in [7, 11) is 3.75. The van der Waals surface area contributed by atoms with Gasteiger partial charge in [0, 0.05) is 22.9 Å². The van der Waals surface area contributed by atoms with Crippen molar-refractivity contribution in [2.75, 3.05) is 20.8 Å². The molecule has 2 nitrogen and oxygen atoms in total. The van der Waals surface area contributed by atoms with Crippen molar-refractivity contribution in [1.82, 2.24) is 5.32 Å². The fraction of sp³-hybridized carbons (Fsp3) is 0.375. The van der Waals surface area contributed by atoms with E-state index in [-0.39, 0.29) is 0 Å². The smallest absolute Gasteiger partial charge is 0.0502 e. The molecule has 102 valence electrons. The molecule has 0 saturated carbocycles. The largest absolute Gasteiger partial charge is 0.384 e. The van der Waals surface area contributed by atoms with E-state index in [0.717, 1.165) is 13.0 Å². The van der Waals surface area contributed by atoms with Crippen molar-refractivity contribution in [3.05, 3.63) is 46.8 Å². The highest BCUT2D eigenvalue weighted by Gasteiger charge is 2.10. The average Bonchev–Trinajstić information content (AvgIpc) is 2.94. The molecule has 2 aromatic rings. The first-order valence-corrected chi connectivity index (χ1v) is 7.42. The van der Waals surface area contributed by atoms with Gasteiger partial charge in [0.05, 0.1) is 6.61 Å². The second-order valence-corrected chi connectivity index (χ2v) is 5.73. The van der Waals surface area contributed by atoms with Crippen LogP contribution in [0.1, 0.15) is 23.4 Å². The number of thiophene rings is 1. The van der Waals surface area contributed by atoms with Crippen LogP contribution in [0.3, 0.4) is 0 Å². The Kier molecular flexibility index (Phi) is 5.14.